The van der Waals surface area contributed by atoms with Gasteiger partial charge in [-0.05, 0) is 43.8 Å². The summed E-state index contributed by atoms with van der Waals surface area (Å²) in [4.78, 5) is 23.8. The van der Waals surface area contributed by atoms with E-state index in [-0.39, 0.29) is 11.8 Å². The van der Waals surface area contributed by atoms with E-state index in [1.165, 1.54) is 0 Å². The van der Waals surface area contributed by atoms with E-state index in [1.807, 2.05) is 6.92 Å². The number of ketones is 1. The predicted octanol–water partition coefficient (Wildman–Crippen LogP) is 2.01. The number of hydrogen-bond acceptors (Lipinski definition) is 3. The van der Waals surface area contributed by atoms with E-state index in [0.29, 0.717) is 25.4 Å². The second kappa shape index (κ2) is 3.19. The van der Waals surface area contributed by atoms with Crippen molar-refractivity contribution in [2.75, 3.05) is 6.61 Å². The molecule has 86 valence electrons. The Morgan fingerprint density at radius 1 is 1.31 bits per heavy atom. The Hall–Kier alpha value is -1.12. The summed E-state index contributed by atoms with van der Waals surface area (Å²) in [6.45, 7) is 2.44. The summed E-state index contributed by atoms with van der Waals surface area (Å²) in [5, 5.41) is 0. The lowest BCUT2D eigenvalue weighted by atomic mass is 9.58. The number of carbonyl (C=O) groups excluding carboxylic acids is 2. The van der Waals surface area contributed by atoms with Crippen LogP contribution in [0.25, 0.3) is 0 Å². The molecule has 0 aromatic rings. The highest BCUT2D eigenvalue weighted by Crippen LogP contribution is 2.55. The van der Waals surface area contributed by atoms with Gasteiger partial charge < -0.3 is 4.74 Å². The highest BCUT2D eigenvalue weighted by Gasteiger charge is 2.57. The third kappa shape index (κ3) is 1.04. The zero-order valence-electron chi connectivity index (χ0n) is 9.54. The Morgan fingerprint density at radius 2 is 2.12 bits per heavy atom. The molecule has 16 heavy (non-hydrogen) atoms. The number of carbonyl (C=O) groups is 2. The summed E-state index contributed by atoms with van der Waals surface area (Å²) in [6, 6.07) is 0. The molecule has 0 aromatic carbocycles. The van der Waals surface area contributed by atoms with E-state index < -0.39 is 5.41 Å². The average Bonchev–Trinajstić information content (AvgIpc) is 2.62. The Balaban J connectivity index is 2.17. The first kappa shape index (κ1) is 10.1. The van der Waals surface area contributed by atoms with Crippen molar-refractivity contribution in [3.8, 4) is 0 Å². The second-order valence-corrected chi connectivity index (χ2v) is 5.19. The number of cyclic esters (lactones) is 1. The summed E-state index contributed by atoms with van der Waals surface area (Å²) in [5.74, 6) is 0.479. The van der Waals surface area contributed by atoms with Crippen LogP contribution in [-0.4, -0.2) is 18.4 Å². The van der Waals surface area contributed by atoms with Crippen LogP contribution in [0, 0.1) is 11.3 Å². The van der Waals surface area contributed by atoms with E-state index in [2.05, 4.69) is 0 Å². The molecule has 0 aromatic heterocycles. The van der Waals surface area contributed by atoms with Crippen LogP contribution in [0.3, 0.4) is 0 Å². The quantitative estimate of drug-likeness (QED) is 0.586. The SMILES string of the molecule is CC1=C2CCC[C@H]3COC(=O)[C@@]23CCC1=O. The smallest absolute Gasteiger partial charge is 0.316 e. The van der Waals surface area contributed by atoms with Gasteiger partial charge in [-0.1, -0.05) is 0 Å². The highest BCUT2D eigenvalue weighted by atomic mass is 16.5. The monoisotopic (exact) mass is 220 g/mol. The third-order valence-corrected chi connectivity index (χ3v) is 4.61. The van der Waals surface area contributed by atoms with E-state index in [4.69, 9.17) is 4.74 Å². The van der Waals surface area contributed by atoms with Crippen LogP contribution in [-0.2, 0) is 14.3 Å². The third-order valence-electron chi connectivity index (χ3n) is 4.61. The van der Waals surface area contributed by atoms with Gasteiger partial charge in [-0.15, -0.1) is 0 Å². The fourth-order valence-corrected chi connectivity index (χ4v) is 3.71. The van der Waals surface area contributed by atoms with Crippen molar-refractivity contribution < 1.29 is 14.3 Å². The Labute approximate surface area is 94.8 Å². The lowest BCUT2D eigenvalue weighted by molar-refractivity contribution is -0.146. The summed E-state index contributed by atoms with van der Waals surface area (Å²) >= 11 is 0. The molecule has 0 bridgehead atoms. The maximum atomic E-state index is 12.0. The maximum absolute atomic E-state index is 12.0. The minimum atomic E-state index is -0.407. The summed E-state index contributed by atoms with van der Waals surface area (Å²) in [7, 11) is 0. The zero-order valence-corrected chi connectivity index (χ0v) is 9.54. The first-order valence-corrected chi connectivity index (χ1v) is 6.07. The number of Topliss-reactive ketones (excluding diaryl/α,β-unsaturated/α-hetero) is 1. The molecule has 0 unspecified atom stereocenters. The van der Waals surface area contributed by atoms with Crippen molar-refractivity contribution in [1.29, 1.82) is 0 Å². The number of ether oxygens (including phenoxy) is 1. The van der Waals surface area contributed by atoms with Crippen LogP contribution in [0.4, 0.5) is 0 Å². The lowest BCUT2D eigenvalue weighted by Gasteiger charge is -2.41. The highest BCUT2D eigenvalue weighted by molar-refractivity contribution is 6.00. The van der Waals surface area contributed by atoms with Crippen LogP contribution >= 0.6 is 0 Å². The first-order chi connectivity index (χ1) is 7.66. The molecule has 1 saturated carbocycles. The Bertz CT molecular complexity index is 407. The number of rotatable bonds is 0. The van der Waals surface area contributed by atoms with Gasteiger partial charge in [-0.3, -0.25) is 9.59 Å². The second-order valence-electron chi connectivity index (χ2n) is 5.19. The molecular formula is C13H16O3. The topological polar surface area (TPSA) is 43.4 Å². The van der Waals surface area contributed by atoms with Gasteiger partial charge in [-0.2, -0.15) is 0 Å². The molecule has 1 saturated heterocycles. The first-order valence-electron chi connectivity index (χ1n) is 6.07. The number of esters is 1. The lowest BCUT2D eigenvalue weighted by Crippen LogP contribution is -2.42. The van der Waals surface area contributed by atoms with Gasteiger partial charge in [0.1, 0.15) is 0 Å². The van der Waals surface area contributed by atoms with Crippen LogP contribution < -0.4 is 0 Å². The van der Waals surface area contributed by atoms with Crippen molar-refractivity contribution in [1.82, 2.24) is 0 Å². The number of hydrogen-bond donors (Lipinski definition) is 0. The molecule has 0 N–H and O–H groups in total. The molecule has 3 nitrogen and oxygen atoms in total. The van der Waals surface area contributed by atoms with Crippen molar-refractivity contribution in [2.24, 2.45) is 11.3 Å². The van der Waals surface area contributed by atoms with Gasteiger partial charge in [0, 0.05) is 12.3 Å². The van der Waals surface area contributed by atoms with Gasteiger partial charge >= 0.3 is 5.97 Å². The molecule has 2 fully saturated rings. The standard InChI is InChI=1S/C13H16O3/c1-8-10-4-2-3-9-7-16-12(15)13(9,10)6-5-11(8)14/h9H,2-7H2,1H3/t9-,13+/m0/s1. The van der Waals surface area contributed by atoms with Gasteiger partial charge in [0.2, 0.25) is 0 Å². The molecule has 3 heteroatoms. The molecule has 1 spiro atoms. The normalized spacial score (nSPS) is 38.2. The molecule has 0 radical (unpaired) electrons. The number of allylic oxidation sites excluding steroid dienone is 1. The predicted molar refractivity (Wildman–Crippen MR) is 57.7 cm³/mol. The van der Waals surface area contributed by atoms with Crippen molar-refractivity contribution in [3.63, 3.8) is 0 Å². The van der Waals surface area contributed by atoms with E-state index in [9.17, 15) is 9.59 Å². The van der Waals surface area contributed by atoms with Crippen molar-refractivity contribution in [2.45, 2.75) is 39.0 Å². The Morgan fingerprint density at radius 3 is 2.94 bits per heavy atom. The largest absolute Gasteiger partial charge is 0.465 e. The van der Waals surface area contributed by atoms with Crippen LogP contribution in [0.2, 0.25) is 0 Å². The van der Waals surface area contributed by atoms with Gasteiger partial charge in [0.15, 0.2) is 5.78 Å². The van der Waals surface area contributed by atoms with Gasteiger partial charge in [0.25, 0.3) is 0 Å². The maximum Gasteiger partial charge on any atom is 0.316 e. The molecule has 3 aliphatic rings. The summed E-state index contributed by atoms with van der Waals surface area (Å²) < 4.78 is 5.26. The van der Waals surface area contributed by atoms with Crippen molar-refractivity contribution >= 4 is 11.8 Å². The molecule has 1 heterocycles. The fourth-order valence-electron chi connectivity index (χ4n) is 3.71. The van der Waals surface area contributed by atoms with Crippen LogP contribution in [0.15, 0.2) is 11.1 Å². The molecule has 2 aliphatic carbocycles. The zero-order chi connectivity index (χ0) is 11.3. The van der Waals surface area contributed by atoms with E-state index in [0.717, 1.165) is 30.4 Å². The summed E-state index contributed by atoms with van der Waals surface area (Å²) in [6.07, 6.45) is 4.26. The van der Waals surface area contributed by atoms with Crippen molar-refractivity contribution in [3.05, 3.63) is 11.1 Å². The fraction of sp³-hybridized carbons (Fsp3) is 0.692. The Kier molecular flexibility index (Phi) is 2.00. The molecule has 0 amide bonds. The van der Waals surface area contributed by atoms with E-state index in [1.54, 1.807) is 0 Å². The van der Waals surface area contributed by atoms with Gasteiger partial charge in [0.05, 0.1) is 12.0 Å². The molecular weight excluding hydrogens is 204 g/mol. The van der Waals surface area contributed by atoms with Crippen LogP contribution in [0.1, 0.15) is 39.0 Å². The molecule has 3 rings (SSSR count). The molecule has 1 aliphatic heterocycles. The van der Waals surface area contributed by atoms with Crippen LogP contribution in [0.5, 0.6) is 0 Å². The van der Waals surface area contributed by atoms with Gasteiger partial charge in [-0.25, -0.2) is 0 Å². The minimum absolute atomic E-state index is 0.0703. The summed E-state index contributed by atoms with van der Waals surface area (Å²) in [5.41, 5.74) is 1.54. The minimum Gasteiger partial charge on any atom is -0.465 e. The molecule has 2 atom stereocenters. The van der Waals surface area contributed by atoms with E-state index >= 15 is 0 Å². The average molecular weight is 220 g/mol.